The van der Waals surface area contributed by atoms with Crippen LogP contribution in [-0.4, -0.2) is 31.9 Å². The third-order valence-corrected chi connectivity index (χ3v) is 2.44. The predicted molar refractivity (Wildman–Crippen MR) is 62.2 cm³/mol. The van der Waals surface area contributed by atoms with Gasteiger partial charge >= 0.3 is 11.9 Å². The Balaban J connectivity index is 2.51. The molecule has 0 aliphatic carbocycles. The van der Waals surface area contributed by atoms with Crippen LogP contribution in [0.5, 0.6) is 0 Å². The van der Waals surface area contributed by atoms with Crippen molar-refractivity contribution in [2.75, 3.05) is 0 Å². The minimum absolute atomic E-state index is 0.0757. The van der Waals surface area contributed by atoms with E-state index in [-0.39, 0.29) is 11.3 Å². The van der Waals surface area contributed by atoms with Crippen LogP contribution in [0.25, 0.3) is 5.69 Å². The van der Waals surface area contributed by atoms with Crippen LogP contribution >= 0.6 is 0 Å². The highest BCUT2D eigenvalue weighted by molar-refractivity contribution is 5.88. The van der Waals surface area contributed by atoms with E-state index in [1.165, 1.54) is 22.9 Å². The summed E-state index contributed by atoms with van der Waals surface area (Å²) in [5.41, 5.74) is 1.18. The second kappa shape index (κ2) is 4.33. The van der Waals surface area contributed by atoms with E-state index in [2.05, 4.69) is 5.10 Å². The molecule has 0 aliphatic rings. The summed E-state index contributed by atoms with van der Waals surface area (Å²) in [4.78, 5) is 21.7. The van der Waals surface area contributed by atoms with Crippen LogP contribution in [0.3, 0.4) is 0 Å². The normalized spacial score (nSPS) is 10.3. The van der Waals surface area contributed by atoms with E-state index in [0.717, 1.165) is 0 Å². The fourth-order valence-corrected chi connectivity index (χ4v) is 1.61. The monoisotopic (exact) mass is 246 g/mol. The molecular weight excluding hydrogens is 236 g/mol. The second-order valence-electron chi connectivity index (χ2n) is 3.74. The van der Waals surface area contributed by atoms with Crippen LogP contribution in [-0.2, 0) is 0 Å². The van der Waals surface area contributed by atoms with E-state index < -0.39 is 11.9 Å². The first-order valence-corrected chi connectivity index (χ1v) is 5.12. The molecule has 2 N–H and O–H groups in total. The van der Waals surface area contributed by atoms with Gasteiger partial charge in [0.2, 0.25) is 0 Å². The third kappa shape index (κ3) is 2.08. The Morgan fingerprint density at radius 1 is 1.17 bits per heavy atom. The summed E-state index contributed by atoms with van der Waals surface area (Å²) in [6.07, 6.45) is 0. The molecule has 0 aliphatic heterocycles. The van der Waals surface area contributed by atoms with Gasteiger partial charge in [-0.25, -0.2) is 14.3 Å². The van der Waals surface area contributed by atoms with Crippen LogP contribution in [0.4, 0.5) is 0 Å². The largest absolute Gasteiger partial charge is 0.478 e. The molecule has 2 aromatic rings. The fourth-order valence-electron chi connectivity index (χ4n) is 1.61. The summed E-state index contributed by atoms with van der Waals surface area (Å²) in [5.74, 6) is -2.16. The summed E-state index contributed by atoms with van der Waals surface area (Å²) in [6.45, 7) is 1.70. The van der Waals surface area contributed by atoms with Gasteiger partial charge in [0.05, 0.1) is 11.3 Å². The van der Waals surface area contributed by atoms with Gasteiger partial charge in [-0.1, -0.05) is 6.07 Å². The Morgan fingerprint density at radius 2 is 1.89 bits per heavy atom. The van der Waals surface area contributed by atoms with Crippen molar-refractivity contribution in [3.8, 4) is 5.69 Å². The molecule has 0 amide bonds. The van der Waals surface area contributed by atoms with Crippen molar-refractivity contribution in [2.45, 2.75) is 6.92 Å². The van der Waals surface area contributed by atoms with Crippen molar-refractivity contribution < 1.29 is 19.8 Å². The van der Waals surface area contributed by atoms with E-state index in [4.69, 9.17) is 10.2 Å². The van der Waals surface area contributed by atoms with Gasteiger partial charge in [-0.15, -0.1) is 0 Å². The van der Waals surface area contributed by atoms with E-state index in [0.29, 0.717) is 11.4 Å². The van der Waals surface area contributed by atoms with Crippen molar-refractivity contribution in [3.63, 3.8) is 0 Å². The summed E-state index contributed by atoms with van der Waals surface area (Å²) >= 11 is 0. The van der Waals surface area contributed by atoms with E-state index >= 15 is 0 Å². The quantitative estimate of drug-likeness (QED) is 0.857. The number of aromatic nitrogens is 2. The lowest BCUT2D eigenvalue weighted by Crippen LogP contribution is -2.04. The molecule has 1 aromatic heterocycles. The molecule has 18 heavy (non-hydrogen) atoms. The van der Waals surface area contributed by atoms with Gasteiger partial charge < -0.3 is 10.2 Å². The molecule has 1 heterocycles. The minimum Gasteiger partial charge on any atom is -0.478 e. The zero-order chi connectivity index (χ0) is 13.3. The number of hydrogen-bond donors (Lipinski definition) is 2. The number of carbonyl (C=O) groups is 2. The first-order valence-electron chi connectivity index (χ1n) is 5.12. The molecule has 2 rings (SSSR count). The van der Waals surface area contributed by atoms with Gasteiger partial charge in [0.1, 0.15) is 0 Å². The van der Waals surface area contributed by atoms with Crippen molar-refractivity contribution in [3.05, 3.63) is 47.3 Å². The maximum atomic E-state index is 10.9. The van der Waals surface area contributed by atoms with Crippen LogP contribution in [0.1, 0.15) is 26.5 Å². The molecule has 0 saturated heterocycles. The average Bonchev–Trinajstić information content (AvgIpc) is 2.72. The minimum atomic E-state index is -1.12. The Morgan fingerprint density at radius 3 is 2.44 bits per heavy atom. The summed E-state index contributed by atoms with van der Waals surface area (Å²) in [6, 6.07) is 7.57. The molecule has 6 nitrogen and oxygen atoms in total. The highest BCUT2D eigenvalue weighted by Gasteiger charge is 2.12. The van der Waals surface area contributed by atoms with Crippen LogP contribution in [0.15, 0.2) is 30.3 Å². The number of aryl methyl sites for hydroxylation is 1. The number of benzene rings is 1. The molecule has 1 aromatic carbocycles. The molecule has 0 unspecified atom stereocenters. The number of carboxylic acid groups (broad SMARTS) is 2. The van der Waals surface area contributed by atoms with Crippen molar-refractivity contribution in [1.29, 1.82) is 0 Å². The highest BCUT2D eigenvalue weighted by atomic mass is 16.4. The predicted octanol–water partition coefficient (Wildman–Crippen LogP) is 1.58. The molecule has 0 spiro atoms. The molecular formula is C12H10N2O4. The van der Waals surface area contributed by atoms with Gasteiger partial charge in [-0.2, -0.15) is 5.10 Å². The molecule has 0 bridgehead atoms. The smallest absolute Gasteiger partial charge is 0.356 e. The lowest BCUT2D eigenvalue weighted by molar-refractivity contribution is 0.0681. The van der Waals surface area contributed by atoms with E-state index in [1.807, 2.05) is 0 Å². The Hall–Kier alpha value is -2.63. The number of nitrogens with zero attached hydrogens (tertiary/aromatic N) is 2. The van der Waals surface area contributed by atoms with Gasteiger partial charge in [0.25, 0.3) is 0 Å². The van der Waals surface area contributed by atoms with Crippen molar-refractivity contribution in [2.24, 2.45) is 0 Å². The van der Waals surface area contributed by atoms with Crippen LogP contribution in [0, 0.1) is 6.92 Å². The SMILES string of the molecule is Cc1cc(C(=O)O)nn1-c1cccc(C(=O)O)c1. The zero-order valence-electron chi connectivity index (χ0n) is 9.49. The summed E-state index contributed by atoms with van der Waals surface area (Å²) < 4.78 is 1.40. The first kappa shape index (κ1) is 11.8. The zero-order valence-corrected chi connectivity index (χ0v) is 9.49. The molecule has 0 fully saturated rings. The number of carboxylic acids is 2. The molecule has 0 saturated carbocycles. The Labute approximate surface area is 102 Å². The van der Waals surface area contributed by atoms with Crippen LogP contribution < -0.4 is 0 Å². The Kier molecular flexibility index (Phi) is 2.85. The average molecular weight is 246 g/mol. The summed E-state index contributed by atoms with van der Waals surface area (Å²) in [5, 5.41) is 21.6. The highest BCUT2D eigenvalue weighted by Crippen LogP contribution is 2.14. The van der Waals surface area contributed by atoms with Crippen molar-refractivity contribution >= 4 is 11.9 Å². The van der Waals surface area contributed by atoms with Gasteiger partial charge in [-0.05, 0) is 31.2 Å². The molecule has 92 valence electrons. The summed E-state index contributed by atoms with van der Waals surface area (Å²) in [7, 11) is 0. The van der Waals surface area contributed by atoms with Crippen molar-refractivity contribution in [1.82, 2.24) is 9.78 Å². The van der Waals surface area contributed by atoms with Crippen LogP contribution in [0.2, 0.25) is 0 Å². The van der Waals surface area contributed by atoms with Gasteiger partial charge in [0.15, 0.2) is 5.69 Å². The lowest BCUT2D eigenvalue weighted by Gasteiger charge is -2.04. The molecule has 0 radical (unpaired) electrons. The topological polar surface area (TPSA) is 92.4 Å². The number of rotatable bonds is 3. The standard InChI is InChI=1S/C12H10N2O4/c1-7-5-10(12(17)18)13-14(7)9-4-2-3-8(6-9)11(15)16/h2-6H,1H3,(H,15,16)(H,17,18). The van der Waals surface area contributed by atoms with E-state index in [1.54, 1.807) is 19.1 Å². The molecule has 0 atom stereocenters. The van der Waals surface area contributed by atoms with Gasteiger partial charge in [-0.3, -0.25) is 0 Å². The fraction of sp³-hybridized carbons (Fsp3) is 0.0833. The van der Waals surface area contributed by atoms with E-state index in [9.17, 15) is 9.59 Å². The Bertz CT molecular complexity index is 631. The molecule has 6 heteroatoms. The lowest BCUT2D eigenvalue weighted by atomic mass is 10.2. The second-order valence-corrected chi connectivity index (χ2v) is 3.74. The van der Waals surface area contributed by atoms with Gasteiger partial charge in [0, 0.05) is 5.69 Å². The third-order valence-electron chi connectivity index (χ3n) is 2.44. The number of hydrogen-bond acceptors (Lipinski definition) is 3. The maximum Gasteiger partial charge on any atom is 0.356 e. The maximum absolute atomic E-state index is 10.9. The number of aromatic carboxylic acids is 2. The first-order chi connectivity index (χ1) is 8.49.